The number of hydrogen-bond donors (Lipinski definition) is 4. The lowest BCUT2D eigenvalue weighted by atomic mass is 10.0. The molecule has 0 bridgehead atoms. The van der Waals surface area contributed by atoms with Crippen molar-refractivity contribution >= 4 is 0 Å². The molecule has 6 N–H and O–H groups in total. The van der Waals surface area contributed by atoms with Crippen molar-refractivity contribution in [3.05, 3.63) is 143 Å². The van der Waals surface area contributed by atoms with Gasteiger partial charge in [0.2, 0.25) is 0 Å². The van der Waals surface area contributed by atoms with Gasteiger partial charge in [-0.25, -0.2) is 0 Å². The number of aliphatic hydroxyl groups excluding tert-OH is 2. The molecule has 8 nitrogen and oxygen atoms in total. The molecule has 0 aliphatic heterocycles. The van der Waals surface area contributed by atoms with Crippen LogP contribution in [-0.4, -0.2) is 47.8 Å². The highest BCUT2D eigenvalue weighted by Gasteiger charge is 2.34. The fourth-order valence-corrected chi connectivity index (χ4v) is 4.61. The van der Waals surface area contributed by atoms with Gasteiger partial charge in [0.15, 0.2) is 0 Å². The van der Waals surface area contributed by atoms with E-state index in [4.69, 9.17) is 30.4 Å². The van der Waals surface area contributed by atoms with Crippen LogP contribution in [0.3, 0.4) is 0 Å². The van der Waals surface area contributed by atoms with E-state index in [2.05, 4.69) is 0 Å². The SMILES string of the molecule is NCc1ccc(CO[C@H](COCc2ccccc2)[C@@H](O)[C@H](O)[C@@H](COCc2ccccc2)OCc2ccc(CN)cc2)cc1. The van der Waals surface area contributed by atoms with E-state index in [0.717, 1.165) is 33.4 Å². The monoisotopic (exact) mass is 600 g/mol. The summed E-state index contributed by atoms with van der Waals surface area (Å²) in [5.74, 6) is 0. The molecule has 4 aromatic carbocycles. The van der Waals surface area contributed by atoms with E-state index < -0.39 is 24.4 Å². The summed E-state index contributed by atoms with van der Waals surface area (Å²) in [6, 6.07) is 35.0. The molecule has 0 saturated carbocycles. The third kappa shape index (κ3) is 10.9. The first kappa shape index (κ1) is 33.5. The summed E-state index contributed by atoms with van der Waals surface area (Å²) in [6.07, 6.45) is -4.32. The van der Waals surface area contributed by atoms with Gasteiger partial charge in [-0.15, -0.1) is 0 Å². The highest BCUT2D eigenvalue weighted by atomic mass is 16.6. The lowest BCUT2D eigenvalue weighted by Gasteiger charge is -2.32. The molecule has 0 aliphatic rings. The second-order valence-electron chi connectivity index (χ2n) is 10.7. The van der Waals surface area contributed by atoms with Crippen LogP contribution in [0.2, 0.25) is 0 Å². The molecule has 0 saturated heterocycles. The minimum atomic E-state index is -1.32. The summed E-state index contributed by atoms with van der Waals surface area (Å²) in [5.41, 5.74) is 17.3. The second-order valence-corrected chi connectivity index (χ2v) is 10.7. The maximum Gasteiger partial charge on any atom is 0.111 e. The highest BCUT2D eigenvalue weighted by molar-refractivity contribution is 5.23. The van der Waals surface area contributed by atoms with Gasteiger partial charge in [-0.2, -0.15) is 0 Å². The van der Waals surface area contributed by atoms with Crippen molar-refractivity contribution in [2.24, 2.45) is 11.5 Å². The molecule has 0 aliphatic carbocycles. The van der Waals surface area contributed by atoms with Crippen LogP contribution in [-0.2, 0) is 58.5 Å². The normalized spacial score (nSPS) is 14.2. The van der Waals surface area contributed by atoms with Crippen LogP contribution in [0.25, 0.3) is 0 Å². The van der Waals surface area contributed by atoms with Crippen LogP contribution in [0.1, 0.15) is 33.4 Å². The van der Waals surface area contributed by atoms with Crippen molar-refractivity contribution < 1.29 is 29.2 Å². The summed E-state index contributed by atoms with van der Waals surface area (Å²) in [4.78, 5) is 0. The summed E-state index contributed by atoms with van der Waals surface area (Å²) < 4.78 is 24.2. The molecule has 8 heteroatoms. The van der Waals surface area contributed by atoms with Crippen LogP contribution < -0.4 is 11.5 Å². The zero-order valence-corrected chi connectivity index (χ0v) is 25.0. The van der Waals surface area contributed by atoms with Gasteiger partial charge in [0.05, 0.1) is 39.6 Å². The largest absolute Gasteiger partial charge is 0.388 e. The molecule has 0 aromatic heterocycles. The molecule has 0 fully saturated rings. The van der Waals surface area contributed by atoms with Gasteiger partial charge < -0.3 is 40.6 Å². The molecular weight excluding hydrogens is 556 g/mol. The zero-order chi connectivity index (χ0) is 31.0. The Morgan fingerprint density at radius 1 is 0.432 bits per heavy atom. The summed E-state index contributed by atoms with van der Waals surface area (Å²) in [6.45, 7) is 2.15. The first-order valence-corrected chi connectivity index (χ1v) is 14.9. The average Bonchev–Trinajstić information content (AvgIpc) is 3.08. The van der Waals surface area contributed by atoms with Crippen LogP contribution in [0, 0.1) is 0 Å². The average molecular weight is 601 g/mol. The predicted molar refractivity (Wildman–Crippen MR) is 170 cm³/mol. The van der Waals surface area contributed by atoms with E-state index in [1.165, 1.54) is 0 Å². The lowest BCUT2D eigenvalue weighted by Crippen LogP contribution is -2.49. The van der Waals surface area contributed by atoms with Gasteiger partial charge >= 0.3 is 0 Å². The van der Waals surface area contributed by atoms with Gasteiger partial charge in [-0.1, -0.05) is 109 Å². The van der Waals surface area contributed by atoms with Gasteiger partial charge in [0, 0.05) is 13.1 Å². The van der Waals surface area contributed by atoms with Gasteiger partial charge in [0.1, 0.15) is 24.4 Å². The highest BCUT2D eigenvalue weighted by Crippen LogP contribution is 2.18. The minimum Gasteiger partial charge on any atom is -0.388 e. The van der Waals surface area contributed by atoms with Crippen molar-refractivity contribution in [2.75, 3.05) is 13.2 Å². The number of nitrogens with two attached hydrogens (primary N) is 2. The van der Waals surface area contributed by atoms with Crippen molar-refractivity contribution in [2.45, 2.75) is 63.9 Å². The van der Waals surface area contributed by atoms with E-state index in [0.29, 0.717) is 26.3 Å². The third-order valence-corrected chi connectivity index (χ3v) is 7.34. The van der Waals surface area contributed by atoms with E-state index >= 15 is 0 Å². The topological polar surface area (TPSA) is 129 Å². The molecule has 234 valence electrons. The Morgan fingerprint density at radius 2 is 0.750 bits per heavy atom. The minimum absolute atomic E-state index is 0.0617. The third-order valence-electron chi connectivity index (χ3n) is 7.34. The quantitative estimate of drug-likeness (QED) is 0.126. The van der Waals surface area contributed by atoms with Crippen LogP contribution in [0.4, 0.5) is 0 Å². The lowest BCUT2D eigenvalue weighted by molar-refractivity contribution is -0.170. The Bertz CT molecular complexity index is 1220. The van der Waals surface area contributed by atoms with Crippen LogP contribution >= 0.6 is 0 Å². The molecule has 4 aromatic rings. The maximum atomic E-state index is 11.5. The Hall–Kier alpha value is -3.44. The molecule has 4 atom stereocenters. The zero-order valence-electron chi connectivity index (χ0n) is 25.0. The van der Waals surface area contributed by atoms with Crippen molar-refractivity contribution in [3.8, 4) is 0 Å². The predicted octanol–water partition coefficient (Wildman–Crippen LogP) is 4.23. The summed E-state index contributed by atoms with van der Waals surface area (Å²) >= 11 is 0. The first-order chi connectivity index (χ1) is 21.6. The summed E-state index contributed by atoms with van der Waals surface area (Å²) in [7, 11) is 0. The van der Waals surface area contributed by atoms with Gasteiger partial charge in [-0.05, 0) is 33.4 Å². The Balaban J connectivity index is 1.44. The van der Waals surface area contributed by atoms with E-state index in [1.807, 2.05) is 109 Å². The van der Waals surface area contributed by atoms with Crippen LogP contribution in [0.5, 0.6) is 0 Å². The smallest absolute Gasteiger partial charge is 0.111 e. The molecule has 0 radical (unpaired) electrons. The number of benzene rings is 4. The molecule has 0 heterocycles. The van der Waals surface area contributed by atoms with Crippen molar-refractivity contribution in [3.63, 3.8) is 0 Å². The van der Waals surface area contributed by atoms with Crippen molar-refractivity contribution in [1.82, 2.24) is 0 Å². The standard InChI is InChI=1S/C36H44N2O6/c37-19-27-11-15-31(16-12-27)23-43-33(25-41-21-29-7-3-1-4-8-29)35(39)36(40)34(26-42-22-30-9-5-2-6-10-30)44-24-32-17-13-28(20-38)14-18-32/h1-18,33-36,39-40H,19-26,37-38H2/t33-,34-,35-,36-/m1/s1. The second kappa shape index (κ2) is 18.4. The Morgan fingerprint density at radius 3 is 1.09 bits per heavy atom. The molecule has 0 unspecified atom stereocenters. The number of hydrogen-bond acceptors (Lipinski definition) is 8. The molecular formula is C36H44N2O6. The van der Waals surface area contributed by atoms with E-state index in [-0.39, 0.29) is 26.4 Å². The Kier molecular flexibility index (Phi) is 14.0. The molecule has 0 amide bonds. The number of aliphatic hydroxyl groups is 2. The molecule has 4 rings (SSSR count). The van der Waals surface area contributed by atoms with Crippen molar-refractivity contribution in [1.29, 1.82) is 0 Å². The van der Waals surface area contributed by atoms with Crippen LogP contribution in [0.15, 0.2) is 109 Å². The first-order valence-electron chi connectivity index (χ1n) is 14.9. The summed E-state index contributed by atoms with van der Waals surface area (Å²) in [5, 5.41) is 22.9. The molecule has 44 heavy (non-hydrogen) atoms. The fourth-order valence-electron chi connectivity index (χ4n) is 4.61. The Labute approximate surface area is 260 Å². The molecule has 0 spiro atoms. The maximum absolute atomic E-state index is 11.5. The van der Waals surface area contributed by atoms with E-state index in [1.54, 1.807) is 0 Å². The number of rotatable bonds is 19. The fraction of sp³-hybridized carbons (Fsp3) is 0.333. The van der Waals surface area contributed by atoms with E-state index in [9.17, 15) is 10.2 Å². The number of ether oxygens (including phenoxy) is 4. The van der Waals surface area contributed by atoms with Gasteiger partial charge in [0.25, 0.3) is 0 Å². The van der Waals surface area contributed by atoms with Gasteiger partial charge in [-0.3, -0.25) is 0 Å².